The van der Waals surface area contributed by atoms with Crippen molar-refractivity contribution in [3.8, 4) is 11.3 Å². The highest BCUT2D eigenvalue weighted by Crippen LogP contribution is 2.28. The predicted molar refractivity (Wildman–Crippen MR) is 107 cm³/mol. The molecule has 0 aliphatic rings. The van der Waals surface area contributed by atoms with E-state index in [4.69, 9.17) is 9.51 Å². The molecule has 0 saturated carbocycles. The number of rotatable bonds is 4. The molecule has 0 N–H and O–H groups in total. The van der Waals surface area contributed by atoms with Crippen molar-refractivity contribution in [2.75, 3.05) is 7.05 Å². The number of fused-ring (bicyclic) bond motifs is 1. The highest BCUT2D eigenvalue weighted by atomic mass is 16.5. The van der Waals surface area contributed by atoms with E-state index in [-0.39, 0.29) is 11.9 Å². The predicted octanol–water partition coefficient (Wildman–Crippen LogP) is 4.43. The summed E-state index contributed by atoms with van der Waals surface area (Å²) in [5.74, 6) is -0.0985. The summed E-state index contributed by atoms with van der Waals surface area (Å²) in [6.45, 7) is 3.93. The van der Waals surface area contributed by atoms with Crippen LogP contribution in [0.5, 0.6) is 0 Å². The lowest BCUT2D eigenvalue weighted by atomic mass is 10.0. The second kappa shape index (κ2) is 7.23. The zero-order valence-corrected chi connectivity index (χ0v) is 16.0. The fourth-order valence-electron chi connectivity index (χ4n) is 3.18. The number of hydrogen-bond acceptors (Lipinski definition) is 5. The standard InChI is InChI=1S/C22H20N4O2/c1-14-6-7-20-17(11-14)18(12-21(24-20)16-5-4-9-23-13-16)22(27)26(3)15(2)19-8-10-28-25-19/h4-13,15H,1-3H3/t15-/m0/s1. The first-order valence-corrected chi connectivity index (χ1v) is 9.04. The van der Waals surface area contributed by atoms with Gasteiger partial charge in [-0.15, -0.1) is 0 Å². The molecule has 6 heteroatoms. The maximum Gasteiger partial charge on any atom is 0.254 e. The maximum absolute atomic E-state index is 13.4. The minimum atomic E-state index is -0.221. The Kier molecular flexibility index (Phi) is 4.61. The Bertz CT molecular complexity index is 1120. The Hall–Kier alpha value is -3.54. The minimum absolute atomic E-state index is 0.0985. The van der Waals surface area contributed by atoms with Crippen molar-refractivity contribution in [1.82, 2.24) is 20.0 Å². The van der Waals surface area contributed by atoms with E-state index in [0.29, 0.717) is 11.3 Å². The molecule has 4 rings (SSSR count). The lowest BCUT2D eigenvalue weighted by Gasteiger charge is -2.24. The number of hydrogen-bond donors (Lipinski definition) is 0. The van der Waals surface area contributed by atoms with Crippen LogP contribution in [0.2, 0.25) is 0 Å². The average Bonchev–Trinajstić information content (AvgIpc) is 3.27. The number of nitrogens with zero attached hydrogens (tertiary/aromatic N) is 4. The molecule has 1 aromatic carbocycles. The van der Waals surface area contributed by atoms with Crippen LogP contribution in [0, 0.1) is 6.92 Å². The van der Waals surface area contributed by atoms with Crippen LogP contribution < -0.4 is 0 Å². The molecule has 28 heavy (non-hydrogen) atoms. The third-order valence-electron chi connectivity index (χ3n) is 4.94. The van der Waals surface area contributed by atoms with E-state index >= 15 is 0 Å². The second-order valence-electron chi connectivity index (χ2n) is 6.83. The summed E-state index contributed by atoms with van der Waals surface area (Å²) in [6.07, 6.45) is 4.97. The zero-order chi connectivity index (χ0) is 19.7. The molecule has 3 heterocycles. The van der Waals surface area contributed by atoms with Gasteiger partial charge in [-0.2, -0.15) is 0 Å². The first-order valence-electron chi connectivity index (χ1n) is 9.04. The number of aryl methyl sites for hydroxylation is 1. The van der Waals surface area contributed by atoms with Crippen molar-refractivity contribution >= 4 is 16.8 Å². The van der Waals surface area contributed by atoms with E-state index < -0.39 is 0 Å². The van der Waals surface area contributed by atoms with Crippen LogP contribution >= 0.6 is 0 Å². The molecule has 0 aliphatic carbocycles. The van der Waals surface area contributed by atoms with Crippen LogP contribution in [0.4, 0.5) is 0 Å². The summed E-state index contributed by atoms with van der Waals surface area (Å²) in [5.41, 5.74) is 4.74. The van der Waals surface area contributed by atoms with Gasteiger partial charge in [-0.1, -0.05) is 16.8 Å². The number of benzene rings is 1. The van der Waals surface area contributed by atoms with Gasteiger partial charge in [0.25, 0.3) is 5.91 Å². The smallest absolute Gasteiger partial charge is 0.254 e. The average molecular weight is 372 g/mol. The van der Waals surface area contributed by atoms with E-state index in [1.54, 1.807) is 30.4 Å². The molecular weight excluding hydrogens is 352 g/mol. The van der Waals surface area contributed by atoms with E-state index in [0.717, 1.165) is 27.7 Å². The van der Waals surface area contributed by atoms with Crippen LogP contribution in [0.1, 0.15) is 34.6 Å². The summed E-state index contributed by atoms with van der Waals surface area (Å²) in [6, 6.07) is 13.1. The van der Waals surface area contributed by atoms with Crippen molar-refractivity contribution in [3.05, 3.63) is 77.9 Å². The van der Waals surface area contributed by atoms with Gasteiger partial charge in [-0.3, -0.25) is 9.78 Å². The summed E-state index contributed by atoms with van der Waals surface area (Å²) in [5, 5.41) is 4.80. The van der Waals surface area contributed by atoms with Crippen molar-refractivity contribution in [1.29, 1.82) is 0 Å². The van der Waals surface area contributed by atoms with Gasteiger partial charge in [-0.05, 0) is 44.2 Å². The normalized spacial score (nSPS) is 12.1. The maximum atomic E-state index is 13.4. The van der Waals surface area contributed by atoms with Gasteiger partial charge in [0.1, 0.15) is 12.0 Å². The van der Waals surface area contributed by atoms with Gasteiger partial charge in [0.15, 0.2) is 0 Å². The molecule has 0 spiro atoms. The topological polar surface area (TPSA) is 72.1 Å². The monoisotopic (exact) mass is 372 g/mol. The molecule has 1 atom stereocenters. The molecule has 0 fully saturated rings. The molecule has 0 radical (unpaired) electrons. The molecule has 6 nitrogen and oxygen atoms in total. The quantitative estimate of drug-likeness (QED) is 0.530. The second-order valence-corrected chi connectivity index (χ2v) is 6.83. The minimum Gasteiger partial charge on any atom is -0.364 e. The lowest BCUT2D eigenvalue weighted by Crippen LogP contribution is -2.30. The van der Waals surface area contributed by atoms with Gasteiger partial charge in [-0.25, -0.2) is 4.98 Å². The van der Waals surface area contributed by atoms with Crippen LogP contribution in [0.3, 0.4) is 0 Å². The molecular formula is C22H20N4O2. The van der Waals surface area contributed by atoms with Gasteiger partial charge in [0, 0.05) is 36.5 Å². The highest BCUT2D eigenvalue weighted by Gasteiger charge is 2.23. The Balaban J connectivity index is 1.84. The first kappa shape index (κ1) is 17.9. The Morgan fingerprint density at radius 3 is 2.75 bits per heavy atom. The first-order chi connectivity index (χ1) is 13.5. The highest BCUT2D eigenvalue weighted by molar-refractivity contribution is 6.07. The summed E-state index contributed by atoms with van der Waals surface area (Å²) in [4.78, 5) is 24.0. The number of carbonyl (C=O) groups is 1. The van der Waals surface area contributed by atoms with Gasteiger partial charge >= 0.3 is 0 Å². The van der Waals surface area contributed by atoms with Gasteiger partial charge in [0.2, 0.25) is 0 Å². The van der Waals surface area contributed by atoms with Crippen LogP contribution in [0.25, 0.3) is 22.2 Å². The Morgan fingerprint density at radius 1 is 1.18 bits per heavy atom. The SMILES string of the molecule is Cc1ccc2nc(-c3cccnc3)cc(C(=O)N(C)[C@@H](C)c3ccon3)c2c1. The molecule has 0 unspecified atom stereocenters. The molecule has 140 valence electrons. The summed E-state index contributed by atoms with van der Waals surface area (Å²) < 4.78 is 4.93. The van der Waals surface area contributed by atoms with Crippen molar-refractivity contribution in [2.45, 2.75) is 19.9 Å². The molecule has 3 aromatic heterocycles. The molecule has 0 saturated heterocycles. The third kappa shape index (κ3) is 3.24. The Morgan fingerprint density at radius 2 is 2.04 bits per heavy atom. The zero-order valence-electron chi connectivity index (χ0n) is 16.0. The van der Waals surface area contributed by atoms with E-state index in [1.165, 1.54) is 6.26 Å². The van der Waals surface area contributed by atoms with Crippen molar-refractivity contribution < 1.29 is 9.32 Å². The number of aromatic nitrogens is 3. The number of pyridine rings is 2. The van der Waals surface area contributed by atoms with Crippen molar-refractivity contribution in [3.63, 3.8) is 0 Å². The fraction of sp³-hybridized carbons (Fsp3) is 0.182. The van der Waals surface area contributed by atoms with E-state index in [2.05, 4.69) is 10.1 Å². The largest absolute Gasteiger partial charge is 0.364 e. The number of carbonyl (C=O) groups excluding carboxylic acids is 1. The third-order valence-corrected chi connectivity index (χ3v) is 4.94. The van der Waals surface area contributed by atoms with Gasteiger partial charge in [0.05, 0.1) is 22.8 Å². The van der Waals surface area contributed by atoms with E-state index in [1.807, 2.05) is 50.2 Å². The fourth-order valence-corrected chi connectivity index (χ4v) is 3.18. The summed E-state index contributed by atoms with van der Waals surface area (Å²) >= 11 is 0. The molecule has 0 bridgehead atoms. The van der Waals surface area contributed by atoms with E-state index in [9.17, 15) is 4.79 Å². The van der Waals surface area contributed by atoms with Crippen LogP contribution in [-0.4, -0.2) is 33.0 Å². The Labute approximate surface area is 162 Å². The van der Waals surface area contributed by atoms with Gasteiger partial charge < -0.3 is 9.42 Å². The summed E-state index contributed by atoms with van der Waals surface area (Å²) in [7, 11) is 1.77. The van der Waals surface area contributed by atoms with Crippen LogP contribution in [-0.2, 0) is 0 Å². The van der Waals surface area contributed by atoms with Crippen LogP contribution in [0.15, 0.2) is 65.6 Å². The van der Waals surface area contributed by atoms with Crippen molar-refractivity contribution in [2.24, 2.45) is 0 Å². The molecule has 1 amide bonds. The number of amides is 1. The molecule has 0 aliphatic heterocycles. The molecule has 4 aromatic rings. The lowest BCUT2D eigenvalue weighted by molar-refractivity contribution is 0.0739.